The summed E-state index contributed by atoms with van der Waals surface area (Å²) in [6, 6.07) is 4.37. The number of methoxy groups -OCH3 is 1. The van der Waals surface area contributed by atoms with E-state index < -0.39 is 0 Å². The minimum absolute atomic E-state index is 0.0377. The number of hydrogen-bond acceptors (Lipinski definition) is 6. The summed E-state index contributed by atoms with van der Waals surface area (Å²) in [5.74, 6) is 2.46. The quantitative estimate of drug-likeness (QED) is 0.820. The summed E-state index contributed by atoms with van der Waals surface area (Å²) in [6.45, 7) is 11.7. The fourth-order valence-electron chi connectivity index (χ4n) is 3.15. The van der Waals surface area contributed by atoms with E-state index in [4.69, 9.17) is 14.7 Å². The number of anilines is 1. The van der Waals surface area contributed by atoms with E-state index in [9.17, 15) is 5.26 Å². The van der Waals surface area contributed by atoms with E-state index in [1.807, 2.05) is 26.8 Å². The summed E-state index contributed by atoms with van der Waals surface area (Å²) in [5.41, 5.74) is 1.72. The first kappa shape index (κ1) is 19.9. The van der Waals surface area contributed by atoms with Crippen LogP contribution in [-0.4, -0.2) is 35.2 Å². The Morgan fingerprint density at radius 2 is 2.00 bits per heavy atom. The van der Waals surface area contributed by atoms with Crippen LogP contribution in [0.1, 0.15) is 58.0 Å². The Morgan fingerprint density at radius 3 is 2.62 bits per heavy atom. The topological polar surface area (TPSA) is 74.9 Å². The zero-order valence-electron chi connectivity index (χ0n) is 16.7. The second-order valence-corrected chi connectivity index (χ2v) is 6.64. The fraction of sp³-hybridized carbons (Fsp3) is 0.600. The summed E-state index contributed by atoms with van der Waals surface area (Å²) in [5, 5.41) is 10.1. The maximum absolute atomic E-state index is 9.30. The minimum Gasteiger partial charge on any atom is -0.480 e. The smallest absolute Gasteiger partial charge is 0.226 e. The van der Waals surface area contributed by atoms with Gasteiger partial charge in [0.2, 0.25) is 5.88 Å². The molecule has 0 saturated carbocycles. The molecule has 6 nitrogen and oxygen atoms in total. The molecule has 0 radical (unpaired) electrons. The van der Waals surface area contributed by atoms with Crippen LogP contribution < -0.4 is 9.64 Å². The molecule has 0 spiro atoms. The van der Waals surface area contributed by atoms with Gasteiger partial charge < -0.3 is 9.64 Å². The molecule has 140 valence electrons. The van der Waals surface area contributed by atoms with Gasteiger partial charge in [-0.1, -0.05) is 27.7 Å². The lowest BCUT2D eigenvalue weighted by atomic mass is 9.99. The molecular formula is C20H29N5O. The van der Waals surface area contributed by atoms with Crippen molar-refractivity contribution in [1.29, 1.82) is 5.26 Å². The third-order valence-corrected chi connectivity index (χ3v) is 4.39. The van der Waals surface area contributed by atoms with Gasteiger partial charge in [0.15, 0.2) is 0 Å². The first-order valence-corrected chi connectivity index (χ1v) is 9.41. The minimum atomic E-state index is 0.0377. The van der Waals surface area contributed by atoms with Gasteiger partial charge in [0.1, 0.15) is 17.0 Å². The summed E-state index contributed by atoms with van der Waals surface area (Å²) in [7, 11) is 1.62. The van der Waals surface area contributed by atoms with Crippen molar-refractivity contribution >= 4 is 16.7 Å². The van der Waals surface area contributed by atoms with Gasteiger partial charge in [-0.15, -0.1) is 0 Å². The molecule has 6 heteroatoms. The number of ether oxygens (including phenoxy) is 1. The number of hydrogen-bond donors (Lipinski definition) is 0. The van der Waals surface area contributed by atoms with Gasteiger partial charge in [0.25, 0.3) is 0 Å². The zero-order valence-corrected chi connectivity index (χ0v) is 16.7. The number of nitrogens with zero attached hydrogens (tertiary/aromatic N) is 5. The predicted octanol–water partition coefficient (Wildman–Crippen LogP) is 4.23. The highest BCUT2D eigenvalue weighted by molar-refractivity contribution is 5.94. The third-order valence-electron chi connectivity index (χ3n) is 4.39. The van der Waals surface area contributed by atoms with Crippen molar-refractivity contribution in [3.05, 3.63) is 17.6 Å². The van der Waals surface area contributed by atoms with Gasteiger partial charge in [0.05, 0.1) is 24.6 Å². The molecule has 0 N–H and O–H groups in total. The van der Waals surface area contributed by atoms with Gasteiger partial charge in [0, 0.05) is 24.7 Å². The molecule has 1 fully saturated rings. The summed E-state index contributed by atoms with van der Waals surface area (Å²) >= 11 is 0. The van der Waals surface area contributed by atoms with Crippen molar-refractivity contribution in [2.45, 2.75) is 53.4 Å². The fourth-order valence-corrected chi connectivity index (χ4v) is 3.15. The van der Waals surface area contributed by atoms with Gasteiger partial charge in [-0.3, -0.25) is 0 Å². The molecular weight excluding hydrogens is 326 g/mol. The largest absolute Gasteiger partial charge is 0.480 e. The van der Waals surface area contributed by atoms with Crippen molar-refractivity contribution in [2.24, 2.45) is 5.92 Å². The Labute approximate surface area is 156 Å². The average molecular weight is 355 g/mol. The Kier molecular flexibility index (Phi) is 6.73. The molecule has 2 aromatic rings. The lowest BCUT2D eigenvalue weighted by molar-refractivity contribution is 0.402. The lowest BCUT2D eigenvalue weighted by Crippen LogP contribution is -2.36. The highest BCUT2D eigenvalue weighted by atomic mass is 16.5. The molecule has 3 rings (SSSR count). The van der Waals surface area contributed by atoms with Crippen molar-refractivity contribution in [2.75, 3.05) is 25.1 Å². The van der Waals surface area contributed by atoms with Crippen LogP contribution in [0.25, 0.3) is 10.9 Å². The van der Waals surface area contributed by atoms with E-state index in [2.05, 4.69) is 29.8 Å². The average Bonchev–Trinajstić information content (AvgIpc) is 2.67. The maximum atomic E-state index is 9.30. The van der Waals surface area contributed by atoms with Crippen molar-refractivity contribution in [3.8, 4) is 11.9 Å². The summed E-state index contributed by atoms with van der Waals surface area (Å²) in [4.78, 5) is 16.2. The first-order chi connectivity index (χ1) is 12.5. The van der Waals surface area contributed by atoms with Crippen LogP contribution in [-0.2, 0) is 0 Å². The Morgan fingerprint density at radius 1 is 1.27 bits per heavy atom. The molecule has 26 heavy (non-hydrogen) atoms. The number of pyridine rings is 1. The number of aromatic nitrogens is 3. The predicted molar refractivity (Wildman–Crippen MR) is 105 cm³/mol. The second kappa shape index (κ2) is 8.79. The van der Waals surface area contributed by atoms with Crippen molar-refractivity contribution < 1.29 is 4.74 Å². The van der Waals surface area contributed by atoms with Crippen molar-refractivity contribution in [3.63, 3.8) is 0 Å². The van der Waals surface area contributed by atoms with Crippen LogP contribution in [0.5, 0.6) is 5.88 Å². The van der Waals surface area contributed by atoms with E-state index in [0.29, 0.717) is 12.4 Å². The van der Waals surface area contributed by atoms with E-state index in [0.717, 1.165) is 47.6 Å². The lowest BCUT2D eigenvalue weighted by Gasteiger charge is -2.31. The highest BCUT2D eigenvalue weighted by Crippen LogP contribution is 2.34. The molecule has 2 aromatic heterocycles. The van der Waals surface area contributed by atoms with E-state index >= 15 is 0 Å². The van der Waals surface area contributed by atoms with Gasteiger partial charge in [-0.05, 0) is 25.8 Å². The Balaban J connectivity index is 0.00000117. The number of rotatable bonds is 3. The molecule has 1 atom stereocenters. The first-order valence-electron chi connectivity index (χ1n) is 9.41. The van der Waals surface area contributed by atoms with Crippen LogP contribution in [0.3, 0.4) is 0 Å². The Hall–Kier alpha value is -2.42. The second-order valence-electron chi connectivity index (χ2n) is 6.64. The maximum Gasteiger partial charge on any atom is 0.226 e. The molecule has 3 heterocycles. The number of nitriles is 1. The Bertz CT molecular complexity index is 797. The molecule has 0 bridgehead atoms. The molecule has 0 aromatic carbocycles. The summed E-state index contributed by atoms with van der Waals surface area (Å²) < 4.78 is 5.51. The molecule has 1 aliphatic heterocycles. The van der Waals surface area contributed by atoms with Crippen LogP contribution in [0.15, 0.2) is 6.07 Å². The van der Waals surface area contributed by atoms with Crippen molar-refractivity contribution in [1.82, 2.24) is 15.0 Å². The van der Waals surface area contributed by atoms with E-state index in [-0.39, 0.29) is 11.8 Å². The van der Waals surface area contributed by atoms with Crippen LogP contribution in [0.4, 0.5) is 5.82 Å². The molecule has 0 aliphatic carbocycles. The van der Waals surface area contributed by atoms with E-state index in [1.54, 1.807) is 7.11 Å². The number of fused-ring (bicyclic) bond motifs is 1. The summed E-state index contributed by atoms with van der Waals surface area (Å²) in [6.07, 6.45) is 1.93. The van der Waals surface area contributed by atoms with Gasteiger partial charge in [-0.25, -0.2) is 15.0 Å². The monoisotopic (exact) mass is 355 g/mol. The molecule has 1 aliphatic rings. The third kappa shape index (κ3) is 4.04. The SMILES string of the molecule is CC.COc1nc(C)cc2nc(C(C)C)nc(N3CCCC(C#N)C3)c12. The number of aryl methyl sites for hydroxylation is 1. The molecule has 1 saturated heterocycles. The molecule has 0 amide bonds. The van der Waals surface area contributed by atoms with Gasteiger partial charge in [-0.2, -0.15) is 5.26 Å². The molecule has 1 unspecified atom stereocenters. The standard InChI is InChI=1S/C18H23N5O.C2H6/c1-11(2)16-21-14-8-12(3)20-18(24-4)15(14)17(22-16)23-7-5-6-13(9-19)10-23;1-2/h8,11,13H,5-7,10H2,1-4H3;1-2H3. The van der Waals surface area contributed by atoms with Crippen LogP contribution in [0.2, 0.25) is 0 Å². The van der Waals surface area contributed by atoms with Crippen LogP contribution in [0, 0.1) is 24.2 Å². The zero-order chi connectivity index (χ0) is 19.3. The highest BCUT2D eigenvalue weighted by Gasteiger charge is 2.25. The normalized spacial score (nSPS) is 16.8. The number of piperidine rings is 1. The van der Waals surface area contributed by atoms with Gasteiger partial charge >= 0.3 is 0 Å². The van der Waals surface area contributed by atoms with E-state index in [1.165, 1.54) is 0 Å². The van der Waals surface area contributed by atoms with Crippen LogP contribution >= 0.6 is 0 Å².